The van der Waals surface area contributed by atoms with Crippen LogP contribution in [-0.4, -0.2) is 24.2 Å². The van der Waals surface area contributed by atoms with E-state index < -0.39 is 0 Å². The molecule has 25 heavy (non-hydrogen) atoms. The van der Waals surface area contributed by atoms with E-state index in [-0.39, 0.29) is 17.9 Å². The second kappa shape index (κ2) is 14.5. The molecule has 0 bridgehead atoms. The van der Waals surface area contributed by atoms with Crippen molar-refractivity contribution in [1.29, 1.82) is 0 Å². The van der Waals surface area contributed by atoms with Crippen LogP contribution in [0.25, 0.3) is 0 Å². The van der Waals surface area contributed by atoms with Crippen molar-refractivity contribution < 1.29 is 9.59 Å². The van der Waals surface area contributed by atoms with Crippen molar-refractivity contribution in [2.24, 2.45) is 17.8 Å². The predicted octanol–water partition coefficient (Wildman–Crippen LogP) is 5.56. The van der Waals surface area contributed by atoms with E-state index in [0.717, 1.165) is 38.1 Å². The predicted molar refractivity (Wildman–Crippen MR) is 108 cm³/mol. The fraction of sp³-hybridized carbons (Fsp3) is 0.909. The van der Waals surface area contributed by atoms with E-state index in [1.54, 1.807) is 0 Å². The molecule has 0 aromatic carbocycles. The SMILES string of the molecule is CC.CC(C)C(=O)C1CCCN1.CC(C)C(=O)CCC1CCCCC1. The van der Waals surface area contributed by atoms with Gasteiger partial charge in [0.25, 0.3) is 0 Å². The zero-order chi connectivity index (χ0) is 19.2. The molecule has 0 aromatic heterocycles. The van der Waals surface area contributed by atoms with Crippen molar-refractivity contribution in [2.75, 3.05) is 6.54 Å². The molecule has 0 aromatic rings. The molecule has 0 spiro atoms. The van der Waals surface area contributed by atoms with Crippen molar-refractivity contribution in [1.82, 2.24) is 5.32 Å². The minimum atomic E-state index is 0.167. The third-order valence-corrected chi connectivity index (χ3v) is 5.14. The summed E-state index contributed by atoms with van der Waals surface area (Å²) in [6.07, 6.45) is 11.1. The largest absolute Gasteiger partial charge is 0.307 e. The average molecular weight is 354 g/mol. The van der Waals surface area contributed by atoms with E-state index in [9.17, 15) is 9.59 Å². The van der Waals surface area contributed by atoms with Crippen LogP contribution in [0.1, 0.15) is 99.3 Å². The van der Waals surface area contributed by atoms with Gasteiger partial charge in [0, 0.05) is 18.3 Å². The number of carbonyl (C=O) groups is 2. The van der Waals surface area contributed by atoms with Crippen LogP contribution in [-0.2, 0) is 9.59 Å². The van der Waals surface area contributed by atoms with E-state index in [2.05, 4.69) is 5.32 Å². The minimum absolute atomic E-state index is 0.167. The van der Waals surface area contributed by atoms with Gasteiger partial charge >= 0.3 is 0 Å². The Morgan fingerprint density at radius 2 is 1.48 bits per heavy atom. The monoisotopic (exact) mass is 353 g/mol. The highest BCUT2D eigenvalue weighted by Crippen LogP contribution is 2.27. The summed E-state index contributed by atoms with van der Waals surface area (Å²) in [5, 5.41) is 3.19. The standard InChI is InChI=1S/C12H22O.C8H15NO.C2H6/c1-10(2)12(13)9-8-11-6-4-3-5-7-11;1-6(2)8(10)7-4-3-5-9-7;1-2/h10-11H,3-9H2,1-2H3;6-7,9H,3-5H2,1-2H3;1-2H3. The molecule has 1 N–H and O–H groups in total. The molecule has 0 amide bonds. The first-order valence-corrected chi connectivity index (χ1v) is 10.7. The zero-order valence-corrected chi connectivity index (χ0v) is 17.7. The van der Waals surface area contributed by atoms with Crippen molar-refractivity contribution in [3.8, 4) is 0 Å². The van der Waals surface area contributed by atoms with Gasteiger partial charge in [0.1, 0.15) is 5.78 Å². The molecule has 1 aliphatic heterocycles. The molecule has 0 radical (unpaired) electrons. The maximum Gasteiger partial charge on any atom is 0.152 e. The van der Waals surface area contributed by atoms with E-state index in [4.69, 9.17) is 0 Å². The Kier molecular flexibility index (Phi) is 14.1. The topological polar surface area (TPSA) is 46.2 Å². The molecule has 1 saturated heterocycles. The lowest BCUT2D eigenvalue weighted by atomic mass is 9.85. The fourth-order valence-electron chi connectivity index (χ4n) is 3.44. The van der Waals surface area contributed by atoms with Gasteiger partial charge in [-0.15, -0.1) is 0 Å². The van der Waals surface area contributed by atoms with Crippen LogP contribution in [0.3, 0.4) is 0 Å². The normalized spacial score (nSPS) is 20.6. The van der Waals surface area contributed by atoms with Crippen molar-refractivity contribution >= 4 is 11.6 Å². The van der Waals surface area contributed by atoms with E-state index >= 15 is 0 Å². The second-order valence-electron chi connectivity index (χ2n) is 7.87. The Bertz CT molecular complexity index is 351. The van der Waals surface area contributed by atoms with Crippen LogP contribution in [0.2, 0.25) is 0 Å². The molecule has 2 rings (SSSR count). The highest BCUT2D eigenvalue weighted by molar-refractivity contribution is 5.85. The molecule has 1 aliphatic carbocycles. The second-order valence-corrected chi connectivity index (χ2v) is 7.87. The first kappa shape index (κ1) is 24.3. The first-order chi connectivity index (χ1) is 11.9. The van der Waals surface area contributed by atoms with Gasteiger partial charge in [-0.1, -0.05) is 73.6 Å². The van der Waals surface area contributed by atoms with E-state index in [0.29, 0.717) is 11.6 Å². The summed E-state index contributed by atoms with van der Waals surface area (Å²) in [7, 11) is 0. The Hall–Kier alpha value is -0.700. The highest BCUT2D eigenvalue weighted by Gasteiger charge is 2.23. The summed E-state index contributed by atoms with van der Waals surface area (Å²) in [4.78, 5) is 22.7. The number of rotatable bonds is 6. The van der Waals surface area contributed by atoms with Crippen LogP contribution < -0.4 is 5.32 Å². The zero-order valence-electron chi connectivity index (χ0n) is 17.7. The maximum absolute atomic E-state index is 11.4. The smallest absolute Gasteiger partial charge is 0.152 e. The summed E-state index contributed by atoms with van der Waals surface area (Å²) in [6.45, 7) is 12.9. The van der Waals surface area contributed by atoms with Gasteiger partial charge in [0.2, 0.25) is 0 Å². The lowest BCUT2D eigenvalue weighted by molar-refractivity contribution is -0.123. The Labute approximate surface area is 156 Å². The van der Waals surface area contributed by atoms with Crippen molar-refractivity contribution in [3.63, 3.8) is 0 Å². The van der Waals surface area contributed by atoms with Crippen LogP contribution in [0.15, 0.2) is 0 Å². The van der Waals surface area contributed by atoms with Crippen molar-refractivity contribution in [3.05, 3.63) is 0 Å². The van der Waals surface area contributed by atoms with Crippen LogP contribution >= 0.6 is 0 Å². The minimum Gasteiger partial charge on any atom is -0.307 e. The van der Waals surface area contributed by atoms with Gasteiger partial charge in [0.15, 0.2) is 5.78 Å². The molecule has 2 fully saturated rings. The van der Waals surface area contributed by atoms with Crippen LogP contribution in [0.5, 0.6) is 0 Å². The number of carbonyl (C=O) groups excluding carboxylic acids is 2. The number of hydrogen-bond donors (Lipinski definition) is 1. The Morgan fingerprint density at radius 3 is 1.92 bits per heavy atom. The number of nitrogens with one attached hydrogen (secondary N) is 1. The van der Waals surface area contributed by atoms with Gasteiger partial charge in [-0.3, -0.25) is 9.59 Å². The van der Waals surface area contributed by atoms with Gasteiger partial charge in [0.05, 0.1) is 6.04 Å². The Morgan fingerprint density at radius 1 is 0.880 bits per heavy atom. The molecular weight excluding hydrogens is 310 g/mol. The van der Waals surface area contributed by atoms with Gasteiger partial charge < -0.3 is 5.32 Å². The molecule has 148 valence electrons. The van der Waals surface area contributed by atoms with Gasteiger partial charge in [-0.2, -0.15) is 0 Å². The summed E-state index contributed by atoms with van der Waals surface area (Å²) < 4.78 is 0. The third kappa shape index (κ3) is 10.8. The summed E-state index contributed by atoms with van der Waals surface area (Å²) >= 11 is 0. The fourth-order valence-corrected chi connectivity index (χ4v) is 3.44. The number of Topliss-reactive ketones (excluding diaryl/α,β-unsaturated/α-hetero) is 2. The van der Waals surface area contributed by atoms with Gasteiger partial charge in [-0.05, 0) is 31.7 Å². The number of ketones is 2. The van der Waals surface area contributed by atoms with Crippen LogP contribution in [0, 0.1) is 17.8 Å². The Balaban J connectivity index is 0.000000430. The highest BCUT2D eigenvalue weighted by atomic mass is 16.1. The third-order valence-electron chi connectivity index (χ3n) is 5.14. The summed E-state index contributed by atoms with van der Waals surface area (Å²) in [5.74, 6) is 2.11. The summed E-state index contributed by atoms with van der Waals surface area (Å²) in [5.41, 5.74) is 0. The molecule has 2 aliphatic rings. The molecule has 3 nitrogen and oxygen atoms in total. The average Bonchev–Trinajstić information content (AvgIpc) is 3.16. The van der Waals surface area contributed by atoms with E-state index in [1.165, 1.54) is 32.1 Å². The lowest BCUT2D eigenvalue weighted by Crippen LogP contribution is -2.33. The maximum atomic E-state index is 11.4. The lowest BCUT2D eigenvalue weighted by Gasteiger charge is -2.21. The molecule has 3 heteroatoms. The quantitative estimate of drug-likeness (QED) is 0.680. The molecule has 1 heterocycles. The van der Waals surface area contributed by atoms with E-state index in [1.807, 2.05) is 41.5 Å². The molecule has 1 saturated carbocycles. The molecular formula is C22H43NO2. The van der Waals surface area contributed by atoms with Gasteiger partial charge in [-0.25, -0.2) is 0 Å². The first-order valence-electron chi connectivity index (χ1n) is 10.7. The van der Waals surface area contributed by atoms with Crippen molar-refractivity contribution in [2.45, 2.75) is 105 Å². The number of hydrogen-bond acceptors (Lipinski definition) is 3. The summed E-state index contributed by atoms with van der Waals surface area (Å²) in [6, 6.07) is 0.167. The van der Waals surface area contributed by atoms with Crippen LogP contribution in [0.4, 0.5) is 0 Å². The molecule has 1 atom stereocenters. The molecule has 1 unspecified atom stereocenters.